The minimum absolute atomic E-state index is 0.275. The van der Waals surface area contributed by atoms with Gasteiger partial charge in [0.25, 0.3) is 10.2 Å². The van der Waals surface area contributed by atoms with Gasteiger partial charge in [0.1, 0.15) is 0 Å². The molecule has 1 amide bonds. The predicted octanol–water partition coefficient (Wildman–Crippen LogP) is 2.24. The van der Waals surface area contributed by atoms with E-state index in [-0.39, 0.29) is 24.7 Å². The van der Waals surface area contributed by atoms with E-state index in [1.54, 1.807) is 20.8 Å². The lowest BCUT2D eigenvalue weighted by molar-refractivity contribution is -0.137. The minimum Gasteiger partial charge on any atom is -0.325 e. The minimum atomic E-state index is -4.43. The summed E-state index contributed by atoms with van der Waals surface area (Å²) in [4.78, 5) is 14.3. The summed E-state index contributed by atoms with van der Waals surface area (Å²) in [6.07, 6.45) is -4.43. The van der Waals surface area contributed by atoms with Gasteiger partial charge in [-0.1, -0.05) is 13.8 Å². The van der Waals surface area contributed by atoms with E-state index in [4.69, 9.17) is 0 Å². The largest absolute Gasteiger partial charge is 0.416 e. The Morgan fingerprint density at radius 3 is 2.07 bits per heavy atom. The van der Waals surface area contributed by atoms with E-state index >= 15 is 0 Å². The number of carbonyl (C=O) groups is 1. The molecule has 1 heterocycles. The molecule has 1 saturated heterocycles. The Kier molecular flexibility index (Phi) is 7.66. The number of benzene rings is 1. The maximum atomic E-state index is 12.6. The molecule has 0 aromatic heterocycles. The van der Waals surface area contributed by atoms with E-state index in [0.29, 0.717) is 26.2 Å². The molecule has 1 unspecified atom stereocenters. The van der Waals surface area contributed by atoms with Gasteiger partial charge in [-0.15, -0.1) is 0 Å². The van der Waals surface area contributed by atoms with Gasteiger partial charge < -0.3 is 5.32 Å². The first-order valence-electron chi connectivity index (χ1n) is 9.48. The van der Waals surface area contributed by atoms with Crippen LogP contribution in [-0.4, -0.2) is 73.1 Å². The van der Waals surface area contributed by atoms with E-state index in [9.17, 15) is 26.4 Å². The summed E-state index contributed by atoms with van der Waals surface area (Å²) in [6.45, 7) is 7.37. The third-order valence-electron chi connectivity index (χ3n) is 5.04. The number of hydrogen-bond acceptors (Lipinski definition) is 4. The molecule has 1 aromatic rings. The summed E-state index contributed by atoms with van der Waals surface area (Å²) >= 11 is 0. The Bertz CT molecular complexity index is 788. The van der Waals surface area contributed by atoms with Gasteiger partial charge in [0.05, 0.1) is 11.6 Å². The smallest absolute Gasteiger partial charge is 0.325 e. The Hall–Kier alpha value is -1.69. The number of halogens is 3. The highest BCUT2D eigenvalue weighted by Gasteiger charge is 2.33. The van der Waals surface area contributed by atoms with Gasteiger partial charge in [-0.05, 0) is 31.2 Å². The summed E-state index contributed by atoms with van der Waals surface area (Å²) < 4.78 is 65.8. The van der Waals surface area contributed by atoms with Gasteiger partial charge in [0, 0.05) is 45.0 Å². The SMILES string of the molecule is CCN(CC)S(=O)(=O)N1CCN(C(C)C(=O)Nc2ccc(C(F)(F)F)cc2)CC1. The Morgan fingerprint density at radius 1 is 1.10 bits per heavy atom. The fourth-order valence-corrected chi connectivity index (χ4v) is 4.79. The van der Waals surface area contributed by atoms with Crippen LogP contribution in [0.3, 0.4) is 0 Å². The molecule has 11 heteroatoms. The molecule has 0 spiro atoms. The molecule has 1 aliphatic rings. The van der Waals surface area contributed by atoms with E-state index in [1.807, 2.05) is 4.90 Å². The molecule has 29 heavy (non-hydrogen) atoms. The molecule has 1 N–H and O–H groups in total. The normalized spacial score (nSPS) is 18.0. The van der Waals surface area contributed by atoms with Crippen LogP contribution in [0.2, 0.25) is 0 Å². The average Bonchev–Trinajstić information content (AvgIpc) is 2.68. The first-order valence-corrected chi connectivity index (χ1v) is 10.9. The maximum absolute atomic E-state index is 12.6. The Balaban J connectivity index is 1.93. The fourth-order valence-electron chi connectivity index (χ4n) is 3.19. The average molecular weight is 437 g/mol. The van der Waals surface area contributed by atoms with Gasteiger partial charge >= 0.3 is 6.18 Å². The van der Waals surface area contributed by atoms with Crippen molar-refractivity contribution in [1.82, 2.24) is 13.5 Å². The van der Waals surface area contributed by atoms with E-state index in [2.05, 4.69) is 5.32 Å². The van der Waals surface area contributed by atoms with Gasteiger partial charge in [-0.3, -0.25) is 9.69 Å². The molecular formula is C18H27F3N4O3S. The predicted molar refractivity (Wildman–Crippen MR) is 105 cm³/mol. The monoisotopic (exact) mass is 436 g/mol. The number of hydrogen-bond donors (Lipinski definition) is 1. The molecule has 164 valence electrons. The van der Waals surface area contributed by atoms with E-state index in [0.717, 1.165) is 12.1 Å². The number of alkyl halides is 3. The molecule has 0 aliphatic carbocycles. The van der Waals surface area contributed by atoms with Crippen molar-refractivity contribution in [3.8, 4) is 0 Å². The third kappa shape index (κ3) is 5.68. The second-order valence-electron chi connectivity index (χ2n) is 6.77. The first kappa shape index (κ1) is 23.6. The highest BCUT2D eigenvalue weighted by Crippen LogP contribution is 2.29. The second-order valence-corrected chi connectivity index (χ2v) is 8.70. The van der Waals surface area contributed by atoms with Crippen molar-refractivity contribution in [2.45, 2.75) is 33.0 Å². The molecule has 0 bridgehead atoms. The summed E-state index contributed by atoms with van der Waals surface area (Å²) in [5.74, 6) is -0.357. The lowest BCUT2D eigenvalue weighted by Gasteiger charge is -2.38. The molecule has 1 aliphatic heterocycles. The zero-order valence-electron chi connectivity index (χ0n) is 16.7. The highest BCUT2D eigenvalue weighted by atomic mass is 32.2. The number of piperazine rings is 1. The molecule has 2 rings (SSSR count). The van der Waals surface area contributed by atoms with Crippen LogP contribution in [0.5, 0.6) is 0 Å². The van der Waals surface area contributed by atoms with Gasteiger partial charge in [-0.25, -0.2) is 0 Å². The number of nitrogens with one attached hydrogen (secondary N) is 1. The summed E-state index contributed by atoms with van der Waals surface area (Å²) in [5, 5.41) is 2.61. The van der Waals surface area contributed by atoms with Crippen LogP contribution in [0.4, 0.5) is 18.9 Å². The second kappa shape index (κ2) is 9.41. The van der Waals surface area contributed by atoms with Crippen molar-refractivity contribution in [3.05, 3.63) is 29.8 Å². The Labute approximate surface area is 169 Å². The lowest BCUT2D eigenvalue weighted by Crippen LogP contribution is -2.56. The van der Waals surface area contributed by atoms with Crippen LogP contribution in [0, 0.1) is 0 Å². The standard InChI is InChI=1S/C18H27F3N4O3S/c1-4-24(5-2)29(27,28)25-12-10-23(11-13-25)14(3)17(26)22-16-8-6-15(7-9-16)18(19,20)21/h6-9,14H,4-5,10-13H2,1-3H3,(H,22,26). The summed E-state index contributed by atoms with van der Waals surface area (Å²) in [7, 11) is -3.51. The van der Waals surface area contributed by atoms with Gasteiger partial charge in [-0.2, -0.15) is 30.2 Å². The van der Waals surface area contributed by atoms with E-state index < -0.39 is 28.0 Å². The molecule has 7 nitrogen and oxygen atoms in total. The van der Waals surface area contributed by atoms with Crippen LogP contribution < -0.4 is 5.32 Å². The maximum Gasteiger partial charge on any atom is 0.416 e. The number of carbonyl (C=O) groups excluding carboxylic acids is 1. The molecule has 1 aromatic carbocycles. The van der Waals surface area contributed by atoms with E-state index in [1.165, 1.54) is 20.7 Å². The third-order valence-corrected chi connectivity index (χ3v) is 7.22. The summed E-state index contributed by atoms with van der Waals surface area (Å²) in [6, 6.07) is 3.70. The van der Waals surface area contributed by atoms with Crippen molar-refractivity contribution in [2.75, 3.05) is 44.6 Å². The van der Waals surface area contributed by atoms with Crippen molar-refractivity contribution in [1.29, 1.82) is 0 Å². The van der Waals surface area contributed by atoms with Crippen LogP contribution in [0.25, 0.3) is 0 Å². The molecular weight excluding hydrogens is 409 g/mol. The van der Waals surface area contributed by atoms with Gasteiger partial charge in [0.2, 0.25) is 5.91 Å². The highest BCUT2D eigenvalue weighted by molar-refractivity contribution is 7.86. The van der Waals surface area contributed by atoms with Crippen molar-refractivity contribution >= 4 is 21.8 Å². The number of rotatable bonds is 7. The lowest BCUT2D eigenvalue weighted by atomic mass is 10.2. The molecule has 1 atom stereocenters. The molecule has 0 radical (unpaired) electrons. The van der Waals surface area contributed by atoms with Crippen LogP contribution in [0.1, 0.15) is 26.3 Å². The molecule has 0 saturated carbocycles. The van der Waals surface area contributed by atoms with Crippen LogP contribution in [0.15, 0.2) is 24.3 Å². The van der Waals surface area contributed by atoms with Gasteiger partial charge in [0.15, 0.2) is 0 Å². The molecule has 1 fully saturated rings. The fraction of sp³-hybridized carbons (Fsp3) is 0.611. The van der Waals surface area contributed by atoms with Crippen LogP contribution >= 0.6 is 0 Å². The zero-order valence-corrected chi connectivity index (χ0v) is 17.6. The van der Waals surface area contributed by atoms with Crippen molar-refractivity contribution in [3.63, 3.8) is 0 Å². The van der Waals surface area contributed by atoms with Crippen molar-refractivity contribution < 1.29 is 26.4 Å². The summed E-state index contributed by atoms with van der Waals surface area (Å²) in [5.41, 5.74) is -0.508. The van der Waals surface area contributed by atoms with Crippen molar-refractivity contribution in [2.24, 2.45) is 0 Å². The Morgan fingerprint density at radius 2 is 1.62 bits per heavy atom. The zero-order chi connectivity index (χ0) is 21.8. The number of anilines is 1. The quantitative estimate of drug-likeness (QED) is 0.712. The van der Waals surface area contributed by atoms with Crippen LogP contribution in [-0.2, 0) is 21.2 Å². The first-order chi connectivity index (χ1) is 13.5. The topological polar surface area (TPSA) is 73.0 Å². The number of nitrogens with zero attached hydrogens (tertiary/aromatic N) is 3. The number of amides is 1.